The zero-order chi connectivity index (χ0) is 19.7. The zero-order valence-corrected chi connectivity index (χ0v) is 18.2. The minimum Gasteiger partial charge on any atom is -0.393 e. The van der Waals surface area contributed by atoms with Gasteiger partial charge in [0.05, 0.1) is 11.7 Å². The maximum Gasteiger partial charge on any atom is 0.158 e. The van der Waals surface area contributed by atoms with Gasteiger partial charge in [-0.3, -0.25) is 0 Å². The van der Waals surface area contributed by atoms with Gasteiger partial charge in [-0.05, 0) is 82.0 Å². The first-order valence-electron chi connectivity index (χ1n) is 11.4. The van der Waals surface area contributed by atoms with Gasteiger partial charge in [0.15, 0.2) is 6.29 Å². The first-order chi connectivity index (χ1) is 12.7. The van der Waals surface area contributed by atoms with Crippen molar-refractivity contribution >= 4 is 0 Å². The first-order valence-corrected chi connectivity index (χ1v) is 11.4. The van der Waals surface area contributed by atoms with Crippen LogP contribution in [0.3, 0.4) is 0 Å². The standard InChI is InChI=1S/C24H42O3/c1-17(19-13-14-20-21(25)9-8-15-24(19,20)5)11-12-18(2)23(3,4)27-22-10-6-7-16-26-22/h11-12,17-22,25H,6-10,13-16H2,1-5H3/b12-11+. The number of aliphatic hydroxyl groups is 1. The van der Waals surface area contributed by atoms with Gasteiger partial charge in [-0.15, -0.1) is 0 Å². The molecule has 0 radical (unpaired) electrons. The molecular formula is C24H42O3. The summed E-state index contributed by atoms with van der Waals surface area (Å²) < 4.78 is 12.1. The van der Waals surface area contributed by atoms with Crippen LogP contribution in [0.15, 0.2) is 12.2 Å². The third-order valence-electron chi connectivity index (χ3n) is 8.17. The van der Waals surface area contributed by atoms with Gasteiger partial charge in [0.2, 0.25) is 0 Å². The van der Waals surface area contributed by atoms with Gasteiger partial charge < -0.3 is 14.6 Å². The summed E-state index contributed by atoms with van der Waals surface area (Å²) in [5, 5.41) is 10.5. The van der Waals surface area contributed by atoms with Gasteiger partial charge >= 0.3 is 0 Å². The van der Waals surface area contributed by atoms with Crippen molar-refractivity contribution in [1.29, 1.82) is 0 Å². The van der Waals surface area contributed by atoms with Gasteiger partial charge in [-0.25, -0.2) is 0 Å². The average molecular weight is 379 g/mol. The van der Waals surface area contributed by atoms with Crippen LogP contribution in [0.1, 0.15) is 86.0 Å². The lowest BCUT2D eigenvalue weighted by Crippen LogP contribution is -2.41. The van der Waals surface area contributed by atoms with E-state index < -0.39 is 0 Å². The first kappa shape index (κ1) is 21.3. The molecule has 0 spiro atoms. The third-order valence-corrected chi connectivity index (χ3v) is 8.17. The summed E-state index contributed by atoms with van der Waals surface area (Å²) in [6, 6.07) is 0. The molecule has 27 heavy (non-hydrogen) atoms. The van der Waals surface area contributed by atoms with E-state index in [1.54, 1.807) is 0 Å². The topological polar surface area (TPSA) is 38.7 Å². The average Bonchev–Trinajstić information content (AvgIpc) is 2.98. The van der Waals surface area contributed by atoms with Gasteiger partial charge in [0, 0.05) is 12.5 Å². The van der Waals surface area contributed by atoms with Gasteiger partial charge in [0.1, 0.15) is 0 Å². The van der Waals surface area contributed by atoms with E-state index in [4.69, 9.17) is 9.47 Å². The van der Waals surface area contributed by atoms with Crippen LogP contribution < -0.4 is 0 Å². The van der Waals surface area contributed by atoms with Crippen LogP contribution in [0.4, 0.5) is 0 Å². The molecule has 2 saturated carbocycles. The number of hydrogen-bond acceptors (Lipinski definition) is 3. The van der Waals surface area contributed by atoms with Gasteiger partial charge in [-0.1, -0.05) is 39.3 Å². The number of hydrogen-bond donors (Lipinski definition) is 1. The second-order valence-corrected chi connectivity index (χ2v) is 10.3. The molecule has 3 nitrogen and oxygen atoms in total. The molecule has 3 rings (SSSR count). The lowest BCUT2D eigenvalue weighted by atomic mass is 9.62. The summed E-state index contributed by atoms with van der Waals surface area (Å²) in [4.78, 5) is 0. The molecular weight excluding hydrogens is 336 g/mol. The van der Waals surface area contributed by atoms with E-state index in [9.17, 15) is 5.11 Å². The van der Waals surface area contributed by atoms with Crippen molar-refractivity contribution < 1.29 is 14.6 Å². The van der Waals surface area contributed by atoms with E-state index in [-0.39, 0.29) is 18.0 Å². The predicted octanol–water partition coefficient (Wildman–Crippen LogP) is 5.71. The molecule has 1 aliphatic heterocycles. The molecule has 0 amide bonds. The Balaban J connectivity index is 1.59. The molecule has 1 N–H and O–H groups in total. The van der Waals surface area contributed by atoms with E-state index in [2.05, 4.69) is 46.8 Å². The number of rotatable bonds is 6. The van der Waals surface area contributed by atoms with E-state index in [1.165, 1.54) is 32.1 Å². The fraction of sp³-hybridized carbons (Fsp3) is 0.917. The highest BCUT2D eigenvalue weighted by Gasteiger charge is 2.51. The molecule has 3 aliphatic rings. The fourth-order valence-electron chi connectivity index (χ4n) is 6.01. The normalized spacial score (nSPS) is 40.1. The number of fused-ring (bicyclic) bond motifs is 1. The Kier molecular flexibility index (Phi) is 6.75. The van der Waals surface area contributed by atoms with Crippen molar-refractivity contribution in [2.75, 3.05) is 6.61 Å². The Morgan fingerprint density at radius 1 is 1.07 bits per heavy atom. The van der Waals surface area contributed by atoms with Crippen LogP contribution in [0.2, 0.25) is 0 Å². The molecule has 0 aromatic carbocycles. The highest BCUT2D eigenvalue weighted by atomic mass is 16.7. The molecule has 0 bridgehead atoms. The maximum absolute atomic E-state index is 10.5. The van der Waals surface area contributed by atoms with E-state index in [0.29, 0.717) is 29.1 Å². The van der Waals surface area contributed by atoms with Crippen molar-refractivity contribution in [2.45, 2.75) is 104 Å². The molecule has 3 heteroatoms. The summed E-state index contributed by atoms with van der Waals surface area (Å²) in [5.74, 6) is 2.08. The lowest BCUT2D eigenvalue weighted by Gasteiger charge is -2.45. The summed E-state index contributed by atoms with van der Waals surface area (Å²) in [6.07, 6.45) is 14.0. The number of ether oxygens (including phenoxy) is 2. The van der Waals surface area contributed by atoms with E-state index >= 15 is 0 Å². The maximum atomic E-state index is 10.5. The molecule has 2 aliphatic carbocycles. The molecule has 0 aromatic heterocycles. The predicted molar refractivity (Wildman–Crippen MR) is 110 cm³/mol. The van der Waals surface area contributed by atoms with Crippen LogP contribution in [0, 0.1) is 29.1 Å². The van der Waals surface area contributed by atoms with Crippen LogP contribution >= 0.6 is 0 Å². The minimum atomic E-state index is -0.221. The molecule has 156 valence electrons. The quantitative estimate of drug-likeness (QED) is 0.601. The summed E-state index contributed by atoms with van der Waals surface area (Å²) in [5.41, 5.74) is 0.0913. The molecule has 1 heterocycles. The van der Waals surface area contributed by atoms with Crippen molar-refractivity contribution in [3.8, 4) is 0 Å². The molecule has 0 aromatic rings. The Hall–Kier alpha value is -0.380. The Bertz CT molecular complexity index is 508. The van der Waals surface area contributed by atoms with Crippen LogP contribution in [0.25, 0.3) is 0 Å². The van der Waals surface area contributed by atoms with Crippen LogP contribution in [0.5, 0.6) is 0 Å². The lowest BCUT2D eigenvalue weighted by molar-refractivity contribution is -0.223. The highest BCUT2D eigenvalue weighted by Crippen LogP contribution is 2.57. The SMILES string of the molecule is CC(/C=C/C(C)C(C)(C)OC1CCCCO1)C1CCC2C(O)CCCC12C. The third kappa shape index (κ3) is 4.62. The van der Waals surface area contributed by atoms with Crippen molar-refractivity contribution in [2.24, 2.45) is 29.1 Å². The largest absolute Gasteiger partial charge is 0.393 e. The van der Waals surface area contributed by atoms with E-state index in [0.717, 1.165) is 25.9 Å². The monoisotopic (exact) mass is 378 g/mol. The molecule has 3 fully saturated rings. The van der Waals surface area contributed by atoms with Crippen LogP contribution in [-0.2, 0) is 9.47 Å². The summed E-state index contributed by atoms with van der Waals surface area (Å²) in [6.45, 7) is 12.3. The molecule has 7 atom stereocenters. The number of aliphatic hydroxyl groups excluding tert-OH is 1. The summed E-state index contributed by atoms with van der Waals surface area (Å²) in [7, 11) is 0. The fourth-order valence-corrected chi connectivity index (χ4v) is 6.01. The van der Waals surface area contributed by atoms with E-state index in [1.807, 2.05) is 0 Å². The Labute approximate surface area is 166 Å². The second-order valence-electron chi connectivity index (χ2n) is 10.3. The molecule has 7 unspecified atom stereocenters. The number of allylic oxidation sites excluding steroid dienone is 1. The van der Waals surface area contributed by atoms with Gasteiger partial charge in [-0.2, -0.15) is 0 Å². The van der Waals surface area contributed by atoms with Crippen molar-refractivity contribution in [1.82, 2.24) is 0 Å². The minimum absolute atomic E-state index is 0.0414. The molecule has 1 saturated heterocycles. The Morgan fingerprint density at radius 2 is 1.85 bits per heavy atom. The van der Waals surface area contributed by atoms with Crippen LogP contribution in [-0.4, -0.2) is 29.7 Å². The summed E-state index contributed by atoms with van der Waals surface area (Å²) >= 11 is 0. The zero-order valence-electron chi connectivity index (χ0n) is 18.2. The smallest absolute Gasteiger partial charge is 0.158 e. The second kappa shape index (κ2) is 8.55. The Morgan fingerprint density at radius 3 is 2.56 bits per heavy atom. The highest BCUT2D eigenvalue weighted by molar-refractivity contribution is 5.06. The van der Waals surface area contributed by atoms with Crippen molar-refractivity contribution in [3.05, 3.63) is 12.2 Å². The van der Waals surface area contributed by atoms with Crippen molar-refractivity contribution in [3.63, 3.8) is 0 Å². The van der Waals surface area contributed by atoms with Gasteiger partial charge in [0.25, 0.3) is 0 Å².